The van der Waals surface area contributed by atoms with Crippen molar-refractivity contribution in [1.82, 2.24) is 10.2 Å². The van der Waals surface area contributed by atoms with Gasteiger partial charge in [0.1, 0.15) is 12.6 Å². The van der Waals surface area contributed by atoms with Gasteiger partial charge in [-0.2, -0.15) is 0 Å². The average Bonchev–Trinajstić information content (AvgIpc) is 2.93. The van der Waals surface area contributed by atoms with E-state index in [1.807, 2.05) is 31.2 Å². The molecule has 3 aromatic carbocycles. The van der Waals surface area contributed by atoms with Crippen LogP contribution in [0, 0.1) is 0 Å². The van der Waals surface area contributed by atoms with Gasteiger partial charge in [-0.25, -0.2) is 8.42 Å². The van der Waals surface area contributed by atoms with Gasteiger partial charge in [0, 0.05) is 17.6 Å². The Bertz CT molecular complexity index is 1390. The van der Waals surface area contributed by atoms with E-state index in [1.165, 1.54) is 29.2 Å². The third kappa shape index (κ3) is 7.97. The van der Waals surface area contributed by atoms with E-state index in [0.29, 0.717) is 6.54 Å². The maximum absolute atomic E-state index is 13.9. The summed E-state index contributed by atoms with van der Waals surface area (Å²) in [5.41, 5.74) is 0.836. The molecule has 0 bridgehead atoms. The Hall–Kier alpha value is -2.59. The van der Waals surface area contributed by atoms with Gasteiger partial charge in [0.2, 0.25) is 11.8 Å². The van der Waals surface area contributed by atoms with Crippen molar-refractivity contribution in [2.75, 3.05) is 17.4 Å². The van der Waals surface area contributed by atoms with Crippen molar-refractivity contribution in [2.45, 2.75) is 44.2 Å². The van der Waals surface area contributed by atoms with Crippen molar-refractivity contribution >= 4 is 66.7 Å². The number of carbonyl (C=O) groups is 2. The number of rotatable bonds is 12. The van der Waals surface area contributed by atoms with Gasteiger partial charge in [0.05, 0.1) is 20.6 Å². The first kappa shape index (κ1) is 30.9. The third-order valence-electron chi connectivity index (χ3n) is 6.07. The molecule has 3 aromatic rings. The number of carbonyl (C=O) groups excluding carboxylic acids is 2. The van der Waals surface area contributed by atoms with Crippen LogP contribution in [-0.2, 0) is 26.2 Å². The summed E-state index contributed by atoms with van der Waals surface area (Å²) in [5.74, 6) is -0.904. The fourth-order valence-electron chi connectivity index (χ4n) is 3.82. The predicted octanol–water partition coefficient (Wildman–Crippen LogP) is 6.28. The molecule has 0 aromatic heterocycles. The Morgan fingerprint density at radius 2 is 1.64 bits per heavy atom. The molecule has 0 saturated carbocycles. The molecule has 1 N–H and O–H groups in total. The van der Waals surface area contributed by atoms with Gasteiger partial charge in [-0.3, -0.25) is 13.9 Å². The molecular formula is C28H30BrCl2N3O4S. The number of amides is 2. The Labute approximate surface area is 248 Å². The molecule has 208 valence electrons. The maximum Gasteiger partial charge on any atom is 0.264 e. The number of anilines is 1. The van der Waals surface area contributed by atoms with Gasteiger partial charge in [0.25, 0.3) is 10.0 Å². The first-order valence-corrected chi connectivity index (χ1v) is 15.4. The van der Waals surface area contributed by atoms with Crippen molar-refractivity contribution in [3.05, 3.63) is 92.9 Å². The van der Waals surface area contributed by atoms with Gasteiger partial charge in [-0.05, 0) is 55.3 Å². The summed E-state index contributed by atoms with van der Waals surface area (Å²) < 4.78 is 29.4. The van der Waals surface area contributed by atoms with Crippen LogP contribution < -0.4 is 9.62 Å². The van der Waals surface area contributed by atoms with E-state index in [2.05, 4.69) is 21.2 Å². The van der Waals surface area contributed by atoms with Gasteiger partial charge in [-0.1, -0.05) is 88.9 Å². The van der Waals surface area contributed by atoms with Crippen molar-refractivity contribution in [2.24, 2.45) is 0 Å². The van der Waals surface area contributed by atoms with Crippen molar-refractivity contribution in [3.63, 3.8) is 0 Å². The normalized spacial score (nSPS) is 12.0. The lowest BCUT2D eigenvalue weighted by Gasteiger charge is -2.32. The standard InChI is InChI=1S/C28H30BrCl2N3O4S/c1-3-4-17-32-28(36)20(2)33(18-21-13-15-22(29)16-14-21)26(35)19-34(25-12-8-11-24(30)27(25)31)39(37,38)23-9-6-5-7-10-23/h5-16,20H,3-4,17-19H2,1-2H3,(H,32,36)/t20-/m0/s1. The summed E-state index contributed by atoms with van der Waals surface area (Å²) in [5, 5.41) is 3.00. The smallest absolute Gasteiger partial charge is 0.264 e. The lowest BCUT2D eigenvalue weighted by atomic mass is 10.1. The zero-order valence-corrected chi connectivity index (χ0v) is 25.5. The quantitative estimate of drug-likeness (QED) is 0.233. The van der Waals surface area contributed by atoms with Gasteiger partial charge in [0.15, 0.2) is 0 Å². The summed E-state index contributed by atoms with van der Waals surface area (Å²) in [4.78, 5) is 28.3. The molecule has 0 radical (unpaired) electrons. The number of nitrogens with one attached hydrogen (secondary N) is 1. The highest BCUT2D eigenvalue weighted by Crippen LogP contribution is 2.35. The van der Waals surface area contributed by atoms with Gasteiger partial charge >= 0.3 is 0 Å². The van der Waals surface area contributed by atoms with Crippen molar-refractivity contribution in [1.29, 1.82) is 0 Å². The topological polar surface area (TPSA) is 86.8 Å². The molecule has 0 heterocycles. The molecule has 11 heteroatoms. The lowest BCUT2D eigenvalue weighted by Crippen LogP contribution is -2.51. The highest BCUT2D eigenvalue weighted by Gasteiger charge is 2.33. The lowest BCUT2D eigenvalue weighted by molar-refractivity contribution is -0.139. The van der Waals surface area contributed by atoms with Crippen LogP contribution >= 0.6 is 39.1 Å². The summed E-state index contributed by atoms with van der Waals surface area (Å²) in [6.45, 7) is 3.62. The van der Waals surface area contributed by atoms with Crippen LogP contribution in [0.15, 0.2) is 82.2 Å². The van der Waals surface area contributed by atoms with Crippen LogP contribution in [0.1, 0.15) is 32.3 Å². The Kier molecular flexibility index (Phi) is 11.2. The molecule has 7 nitrogen and oxygen atoms in total. The fourth-order valence-corrected chi connectivity index (χ4v) is 5.98. The number of benzene rings is 3. The van der Waals surface area contributed by atoms with Crippen molar-refractivity contribution in [3.8, 4) is 0 Å². The first-order valence-electron chi connectivity index (χ1n) is 12.4. The molecule has 0 unspecified atom stereocenters. The molecule has 3 rings (SSSR count). The third-order valence-corrected chi connectivity index (χ3v) is 9.18. The maximum atomic E-state index is 13.9. The Morgan fingerprint density at radius 1 is 0.974 bits per heavy atom. The fraction of sp³-hybridized carbons (Fsp3) is 0.286. The minimum Gasteiger partial charge on any atom is -0.354 e. The minimum atomic E-state index is -4.23. The number of halogens is 3. The molecular weight excluding hydrogens is 625 g/mol. The van der Waals surface area contributed by atoms with Crippen LogP contribution in [0.2, 0.25) is 10.0 Å². The minimum absolute atomic E-state index is 0.00344. The largest absolute Gasteiger partial charge is 0.354 e. The molecule has 0 spiro atoms. The van der Waals surface area contributed by atoms with E-state index in [1.54, 1.807) is 31.2 Å². The highest BCUT2D eigenvalue weighted by atomic mass is 79.9. The van der Waals surface area contributed by atoms with E-state index in [4.69, 9.17) is 23.2 Å². The van der Waals surface area contributed by atoms with E-state index in [0.717, 1.165) is 27.2 Å². The molecule has 2 amide bonds. The van der Waals surface area contributed by atoms with Crippen LogP contribution in [0.5, 0.6) is 0 Å². The number of hydrogen-bond acceptors (Lipinski definition) is 4. The second-order valence-corrected chi connectivity index (χ2v) is 12.4. The van der Waals surface area contributed by atoms with E-state index < -0.39 is 28.5 Å². The summed E-state index contributed by atoms with van der Waals surface area (Å²) in [6, 6.07) is 18.8. The monoisotopic (exact) mass is 653 g/mol. The zero-order chi connectivity index (χ0) is 28.6. The van der Waals surface area contributed by atoms with Gasteiger partial charge < -0.3 is 10.2 Å². The predicted molar refractivity (Wildman–Crippen MR) is 160 cm³/mol. The first-order chi connectivity index (χ1) is 18.6. The molecule has 0 aliphatic heterocycles. The number of nitrogens with zero attached hydrogens (tertiary/aromatic N) is 2. The summed E-state index contributed by atoms with van der Waals surface area (Å²) >= 11 is 16.1. The average molecular weight is 655 g/mol. The van der Waals surface area contributed by atoms with Crippen molar-refractivity contribution < 1.29 is 18.0 Å². The van der Waals surface area contributed by atoms with E-state index in [-0.39, 0.29) is 33.1 Å². The molecule has 0 aliphatic rings. The second-order valence-electron chi connectivity index (χ2n) is 8.87. The second kappa shape index (κ2) is 14.2. The number of unbranched alkanes of at least 4 members (excludes halogenated alkanes) is 1. The van der Waals surface area contributed by atoms with Crippen LogP contribution in [0.3, 0.4) is 0 Å². The van der Waals surface area contributed by atoms with E-state index in [9.17, 15) is 18.0 Å². The van der Waals surface area contributed by atoms with Crippen LogP contribution in [0.4, 0.5) is 5.69 Å². The Balaban J connectivity index is 2.02. The number of hydrogen-bond donors (Lipinski definition) is 1. The van der Waals surface area contributed by atoms with Crippen LogP contribution in [-0.4, -0.2) is 44.3 Å². The summed E-state index contributed by atoms with van der Waals surface area (Å²) in [7, 11) is -4.23. The number of sulfonamides is 1. The molecule has 0 saturated heterocycles. The molecule has 39 heavy (non-hydrogen) atoms. The van der Waals surface area contributed by atoms with E-state index >= 15 is 0 Å². The molecule has 0 fully saturated rings. The zero-order valence-electron chi connectivity index (χ0n) is 21.6. The summed E-state index contributed by atoms with van der Waals surface area (Å²) in [6.07, 6.45) is 1.71. The van der Waals surface area contributed by atoms with Gasteiger partial charge in [-0.15, -0.1) is 0 Å². The van der Waals surface area contributed by atoms with Crippen LogP contribution in [0.25, 0.3) is 0 Å². The molecule has 1 atom stereocenters. The SMILES string of the molecule is CCCCNC(=O)[C@H](C)N(Cc1ccc(Br)cc1)C(=O)CN(c1cccc(Cl)c1Cl)S(=O)(=O)c1ccccc1. The highest BCUT2D eigenvalue weighted by molar-refractivity contribution is 9.10. The Morgan fingerprint density at radius 3 is 2.28 bits per heavy atom. The molecule has 0 aliphatic carbocycles.